The van der Waals surface area contributed by atoms with Gasteiger partial charge in [-0.1, -0.05) is 13.8 Å². The Balaban J connectivity index is 2.74. The van der Waals surface area contributed by atoms with Crippen molar-refractivity contribution in [1.29, 1.82) is 0 Å². The number of carbonyl (C=O) groups excluding carboxylic acids is 1. The van der Waals surface area contributed by atoms with Crippen molar-refractivity contribution in [3.05, 3.63) is 0 Å². The van der Waals surface area contributed by atoms with Crippen molar-refractivity contribution in [3.63, 3.8) is 0 Å². The molecule has 0 amide bonds. The molecule has 0 saturated heterocycles. The lowest BCUT2D eigenvalue weighted by Gasteiger charge is -2.14. The third-order valence-electron chi connectivity index (χ3n) is 2.47. The average Bonchev–Trinajstić information content (AvgIpc) is 2.31. The minimum Gasteiger partial charge on any atom is -0.343 e. The van der Waals surface area contributed by atoms with E-state index < -0.39 is 23.2 Å². The number of rotatable bonds is 2. The van der Waals surface area contributed by atoms with Crippen LogP contribution >= 0.6 is 0 Å². The topological polar surface area (TPSA) is 77.8 Å². The van der Waals surface area contributed by atoms with E-state index in [1.165, 1.54) is 0 Å². The molecule has 0 aliphatic heterocycles. The van der Waals surface area contributed by atoms with Crippen LogP contribution in [0.1, 0.15) is 13.8 Å². The number of aliphatic hydroxyl groups is 3. The van der Waals surface area contributed by atoms with Crippen molar-refractivity contribution < 1.29 is 20.1 Å². The molecule has 64 valence electrons. The fraction of sp³-hybridized carbons (Fsp3) is 0.857. The van der Waals surface area contributed by atoms with Gasteiger partial charge >= 0.3 is 0 Å². The van der Waals surface area contributed by atoms with Gasteiger partial charge in [-0.25, -0.2) is 0 Å². The Kier molecular flexibility index (Phi) is 1.59. The minimum atomic E-state index is -2.71. The molecule has 0 heterocycles. The summed E-state index contributed by atoms with van der Waals surface area (Å²) in [7, 11) is 0. The Morgan fingerprint density at radius 2 is 1.82 bits per heavy atom. The molecule has 2 atom stereocenters. The van der Waals surface area contributed by atoms with E-state index in [-0.39, 0.29) is 0 Å². The summed E-state index contributed by atoms with van der Waals surface area (Å²) in [5.74, 6) is -3.93. The van der Waals surface area contributed by atoms with E-state index in [0.29, 0.717) is 6.29 Å². The average molecular weight is 160 g/mol. The predicted octanol–water partition coefficient (Wildman–Crippen LogP) is -0.912. The summed E-state index contributed by atoms with van der Waals surface area (Å²) >= 11 is 0. The van der Waals surface area contributed by atoms with Crippen molar-refractivity contribution in [2.24, 2.45) is 17.3 Å². The highest BCUT2D eigenvalue weighted by Gasteiger charge is 2.66. The van der Waals surface area contributed by atoms with Crippen molar-refractivity contribution in [2.45, 2.75) is 19.8 Å². The van der Waals surface area contributed by atoms with Gasteiger partial charge in [0.2, 0.25) is 0 Å². The van der Waals surface area contributed by atoms with Gasteiger partial charge in [0.1, 0.15) is 6.29 Å². The minimum absolute atomic E-state index is 0.456. The van der Waals surface area contributed by atoms with Crippen LogP contribution in [0.3, 0.4) is 0 Å². The first-order chi connectivity index (χ1) is 4.81. The number of hydrogen-bond donors (Lipinski definition) is 3. The molecule has 0 aromatic rings. The van der Waals surface area contributed by atoms with Crippen LogP contribution < -0.4 is 0 Å². The molecule has 3 N–H and O–H groups in total. The fourth-order valence-electron chi connectivity index (χ4n) is 1.67. The maximum absolute atomic E-state index is 10.3. The van der Waals surface area contributed by atoms with Crippen LogP contribution in [-0.2, 0) is 4.79 Å². The normalized spacial score (nSPS) is 35.0. The maximum Gasteiger partial charge on any atom is 0.279 e. The second-order valence-electron chi connectivity index (χ2n) is 3.65. The van der Waals surface area contributed by atoms with Crippen molar-refractivity contribution >= 4 is 6.29 Å². The van der Waals surface area contributed by atoms with Gasteiger partial charge in [0.25, 0.3) is 5.97 Å². The van der Waals surface area contributed by atoms with E-state index in [0.717, 1.165) is 0 Å². The molecule has 1 rings (SSSR count). The predicted molar refractivity (Wildman–Crippen MR) is 36.2 cm³/mol. The highest BCUT2D eigenvalue weighted by atomic mass is 16.7. The second kappa shape index (κ2) is 2.03. The number of aldehydes is 1. The Morgan fingerprint density at radius 1 is 1.36 bits per heavy atom. The summed E-state index contributed by atoms with van der Waals surface area (Å²) in [6.45, 7) is 3.41. The van der Waals surface area contributed by atoms with Gasteiger partial charge in [-0.2, -0.15) is 0 Å². The van der Waals surface area contributed by atoms with Crippen LogP contribution in [0.15, 0.2) is 0 Å². The zero-order valence-electron chi connectivity index (χ0n) is 6.48. The molecule has 0 bridgehead atoms. The Labute approximate surface area is 64.5 Å². The van der Waals surface area contributed by atoms with E-state index in [1.54, 1.807) is 13.8 Å². The summed E-state index contributed by atoms with van der Waals surface area (Å²) in [5.41, 5.74) is -0.500. The molecule has 1 saturated carbocycles. The van der Waals surface area contributed by atoms with E-state index in [2.05, 4.69) is 0 Å². The first-order valence-electron chi connectivity index (χ1n) is 3.44. The molecule has 0 radical (unpaired) electrons. The Bertz CT molecular complexity index is 179. The zero-order valence-corrected chi connectivity index (χ0v) is 6.48. The van der Waals surface area contributed by atoms with Gasteiger partial charge in [-0.3, -0.25) is 0 Å². The van der Waals surface area contributed by atoms with E-state index >= 15 is 0 Å². The van der Waals surface area contributed by atoms with Crippen LogP contribution in [0.2, 0.25) is 0 Å². The van der Waals surface area contributed by atoms with Gasteiger partial charge in [0.05, 0.1) is 5.92 Å². The quantitative estimate of drug-likeness (QED) is 0.361. The molecule has 11 heavy (non-hydrogen) atoms. The van der Waals surface area contributed by atoms with Crippen LogP contribution in [-0.4, -0.2) is 27.6 Å². The largest absolute Gasteiger partial charge is 0.343 e. The molecule has 1 aliphatic carbocycles. The Morgan fingerprint density at radius 3 is 1.91 bits per heavy atom. The summed E-state index contributed by atoms with van der Waals surface area (Å²) in [5, 5.41) is 26.2. The molecule has 0 aromatic carbocycles. The SMILES string of the molecule is CC1(C)[C@@H](C=O)[C@H]1C(O)(O)O. The molecule has 4 heteroatoms. The van der Waals surface area contributed by atoms with Crippen molar-refractivity contribution in [1.82, 2.24) is 0 Å². The van der Waals surface area contributed by atoms with Gasteiger partial charge in [-0.15, -0.1) is 0 Å². The van der Waals surface area contributed by atoms with Gasteiger partial charge in [0, 0.05) is 5.92 Å². The van der Waals surface area contributed by atoms with Crippen molar-refractivity contribution in [2.75, 3.05) is 0 Å². The molecular weight excluding hydrogens is 148 g/mol. The lowest BCUT2D eigenvalue weighted by atomic mass is 10.1. The first-order valence-corrected chi connectivity index (χ1v) is 3.44. The summed E-state index contributed by atoms with van der Waals surface area (Å²) in [6, 6.07) is 0. The number of carbonyl (C=O) groups is 1. The molecule has 0 aromatic heterocycles. The summed E-state index contributed by atoms with van der Waals surface area (Å²) in [4.78, 5) is 10.3. The standard InChI is InChI=1S/C7H12O4/c1-6(2)4(3-8)5(6)7(9,10)11/h3-5,9-11H,1-2H3/t4-,5+/m0/s1. The van der Waals surface area contributed by atoms with Crippen LogP contribution in [0.4, 0.5) is 0 Å². The van der Waals surface area contributed by atoms with Gasteiger partial charge in [-0.05, 0) is 5.41 Å². The van der Waals surface area contributed by atoms with Crippen LogP contribution in [0, 0.1) is 17.3 Å². The van der Waals surface area contributed by atoms with E-state index in [1.807, 2.05) is 0 Å². The fourth-order valence-corrected chi connectivity index (χ4v) is 1.67. The van der Waals surface area contributed by atoms with Gasteiger partial charge in [0.15, 0.2) is 0 Å². The molecule has 4 nitrogen and oxygen atoms in total. The molecule has 0 spiro atoms. The molecule has 0 unspecified atom stereocenters. The van der Waals surface area contributed by atoms with Crippen LogP contribution in [0.25, 0.3) is 0 Å². The first kappa shape index (κ1) is 8.64. The highest BCUT2D eigenvalue weighted by Crippen LogP contribution is 2.60. The van der Waals surface area contributed by atoms with Crippen LogP contribution in [0.5, 0.6) is 0 Å². The van der Waals surface area contributed by atoms with E-state index in [9.17, 15) is 4.79 Å². The molecular formula is C7H12O4. The third-order valence-corrected chi connectivity index (χ3v) is 2.47. The van der Waals surface area contributed by atoms with Crippen molar-refractivity contribution in [3.8, 4) is 0 Å². The highest BCUT2D eigenvalue weighted by molar-refractivity contribution is 5.61. The molecule has 1 aliphatic rings. The number of hydrogen-bond acceptors (Lipinski definition) is 4. The van der Waals surface area contributed by atoms with E-state index in [4.69, 9.17) is 15.3 Å². The maximum atomic E-state index is 10.3. The monoisotopic (exact) mass is 160 g/mol. The lowest BCUT2D eigenvalue weighted by Crippen LogP contribution is -2.32. The molecule has 1 fully saturated rings. The third kappa shape index (κ3) is 1.17. The Hall–Kier alpha value is -0.450. The summed E-state index contributed by atoms with van der Waals surface area (Å²) in [6.07, 6.45) is 0.641. The summed E-state index contributed by atoms with van der Waals surface area (Å²) < 4.78 is 0. The lowest BCUT2D eigenvalue weighted by molar-refractivity contribution is -0.330. The second-order valence-corrected chi connectivity index (χ2v) is 3.65. The smallest absolute Gasteiger partial charge is 0.279 e. The van der Waals surface area contributed by atoms with Gasteiger partial charge < -0.3 is 20.1 Å². The zero-order chi connectivity index (χ0) is 8.86.